The van der Waals surface area contributed by atoms with Crippen molar-refractivity contribution in [3.8, 4) is 0 Å². The highest BCUT2D eigenvalue weighted by Gasteiger charge is 2.23. The number of rotatable bonds is 3. The summed E-state index contributed by atoms with van der Waals surface area (Å²) >= 11 is 0. The number of carbonyl (C=O) groups excluding carboxylic acids is 1. The molecule has 0 spiro atoms. The molecule has 2 N–H and O–H groups in total. The largest absolute Gasteiger partial charge is 0.360 e. The molecule has 0 bridgehead atoms. The number of hydrogen-bond donors (Lipinski definition) is 1. The van der Waals surface area contributed by atoms with Gasteiger partial charge < -0.3 is 15.2 Å². The molecule has 1 unspecified atom stereocenters. The topological polar surface area (TPSA) is 75.6 Å². The highest BCUT2D eigenvalue weighted by Crippen LogP contribution is 2.10. The molecular formula is C12H21ClN4O2. The van der Waals surface area contributed by atoms with Gasteiger partial charge in [-0.05, 0) is 13.8 Å². The highest BCUT2D eigenvalue weighted by atomic mass is 35.5. The predicted molar refractivity (Wildman–Crippen MR) is 74.0 cm³/mol. The molecule has 0 aliphatic carbocycles. The molecule has 0 saturated carbocycles. The van der Waals surface area contributed by atoms with Crippen molar-refractivity contribution in [1.82, 2.24) is 15.0 Å². The number of nitrogens with zero attached hydrogens (tertiary/aromatic N) is 3. The van der Waals surface area contributed by atoms with Gasteiger partial charge in [0.25, 0.3) is 0 Å². The first-order valence-electron chi connectivity index (χ1n) is 6.25. The van der Waals surface area contributed by atoms with Gasteiger partial charge in [-0.15, -0.1) is 12.4 Å². The van der Waals surface area contributed by atoms with Gasteiger partial charge in [-0.25, -0.2) is 0 Å². The van der Waals surface area contributed by atoms with Crippen LogP contribution in [0, 0.1) is 6.92 Å². The Balaban J connectivity index is 0.00000180. The molecule has 0 radical (unpaired) electrons. The minimum atomic E-state index is -0.409. The third kappa shape index (κ3) is 4.19. The zero-order chi connectivity index (χ0) is 13.1. The van der Waals surface area contributed by atoms with Crippen LogP contribution in [0.1, 0.15) is 18.4 Å². The summed E-state index contributed by atoms with van der Waals surface area (Å²) < 4.78 is 5.19. The molecule has 1 aromatic rings. The first-order valence-corrected chi connectivity index (χ1v) is 6.25. The van der Waals surface area contributed by atoms with Crippen molar-refractivity contribution in [3.63, 3.8) is 0 Å². The number of aryl methyl sites for hydroxylation is 1. The molecule has 7 heteroatoms. The van der Waals surface area contributed by atoms with Gasteiger partial charge in [-0.3, -0.25) is 9.69 Å². The standard InChI is InChI=1S/C12H20N4O2.ClH/c1-9-7-11(18-14-9)8-15-3-5-16(6-4-15)12(17)10(2)13;/h7,10H,3-6,8,13H2,1-2H3;1H. The van der Waals surface area contributed by atoms with Crippen LogP contribution in [0.15, 0.2) is 10.6 Å². The second-order valence-electron chi connectivity index (χ2n) is 4.82. The number of nitrogens with two attached hydrogens (primary N) is 1. The predicted octanol–water partition coefficient (Wildman–Crippen LogP) is 0.396. The fraction of sp³-hybridized carbons (Fsp3) is 0.667. The average molecular weight is 289 g/mol. The average Bonchev–Trinajstić information content (AvgIpc) is 2.75. The molecule has 1 aliphatic rings. The summed E-state index contributed by atoms with van der Waals surface area (Å²) in [6, 6.07) is 1.54. The van der Waals surface area contributed by atoms with E-state index in [1.807, 2.05) is 17.9 Å². The lowest BCUT2D eigenvalue weighted by Crippen LogP contribution is -2.52. The maximum atomic E-state index is 11.7. The van der Waals surface area contributed by atoms with E-state index in [0.29, 0.717) is 0 Å². The van der Waals surface area contributed by atoms with Crippen molar-refractivity contribution in [2.45, 2.75) is 26.4 Å². The van der Waals surface area contributed by atoms with Gasteiger partial charge in [-0.1, -0.05) is 5.16 Å². The van der Waals surface area contributed by atoms with Crippen LogP contribution in [0.3, 0.4) is 0 Å². The maximum absolute atomic E-state index is 11.7. The zero-order valence-corrected chi connectivity index (χ0v) is 12.2. The highest BCUT2D eigenvalue weighted by molar-refractivity contribution is 5.85. The Bertz CT molecular complexity index is 414. The van der Waals surface area contributed by atoms with E-state index in [0.717, 1.165) is 44.2 Å². The van der Waals surface area contributed by atoms with Crippen molar-refractivity contribution in [1.29, 1.82) is 0 Å². The summed E-state index contributed by atoms with van der Waals surface area (Å²) in [5, 5.41) is 3.87. The van der Waals surface area contributed by atoms with Crippen molar-refractivity contribution in [2.24, 2.45) is 5.73 Å². The summed E-state index contributed by atoms with van der Waals surface area (Å²) in [6.45, 7) is 7.54. The van der Waals surface area contributed by atoms with Gasteiger partial charge >= 0.3 is 0 Å². The molecule has 108 valence electrons. The van der Waals surface area contributed by atoms with Gasteiger partial charge in [-0.2, -0.15) is 0 Å². The smallest absolute Gasteiger partial charge is 0.239 e. The fourth-order valence-corrected chi connectivity index (χ4v) is 2.13. The second kappa shape index (κ2) is 6.88. The Morgan fingerprint density at radius 1 is 1.47 bits per heavy atom. The van der Waals surface area contributed by atoms with E-state index in [2.05, 4.69) is 10.1 Å². The lowest BCUT2D eigenvalue weighted by molar-refractivity contribution is -0.134. The van der Waals surface area contributed by atoms with Crippen molar-refractivity contribution < 1.29 is 9.32 Å². The molecular weight excluding hydrogens is 268 g/mol. The second-order valence-corrected chi connectivity index (χ2v) is 4.82. The van der Waals surface area contributed by atoms with Crippen LogP contribution >= 0.6 is 12.4 Å². The van der Waals surface area contributed by atoms with Crippen LogP contribution < -0.4 is 5.73 Å². The SMILES string of the molecule is Cc1cc(CN2CCN(C(=O)C(C)N)CC2)on1.Cl. The Morgan fingerprint density at radius 3 is 2.58 bits per heavy atom. The van der Waals surface area contributed by atoms with E-state index in [1.54, 1.807) is 6.92 Å². The number of piperazine rings is 1. The van der Waals surface area contributed by atoms with Crippen LogP contribution in [-0.2, 0) is 11.3 Å². The lowest BCUT2D eigenvalue weighted by Gasteiger charge is -2.34. The van der Waals surface area contributed by atoms with Crippen molar-refractivity contribution in [2.75, 3.05) is 26.2 Å². The van der Waals surface area contributed by atoms with Crippen LogP contribution in [0.4, 0.5) is 0 Å². The minimum Gasteiger partial charge on any atom is -0.360 e. The summed E-state index contributed by atoms with van der Waals surface area (Å²) in [6.07, 6.45) is 0. The molecule has 0 aromatic carbocycles. The molecule has 19 heavy (non-hydrogen) atoms. The summed E-state index contributed by atoms with van der Waals surface area (Å²) in [5.74, 6) is 0.907. The molecule has 1 aromatic heterocycles. The number of amides is 1. The Hall–Kier alpha value is -1.11. The molecule has 6 nitrogen and oxygen atoms in total. The van der Waals surface area contributed by atoms with E-state index in [1.165, 1.54) is 0 Å². The third-order valence-electron chi connectivity index (χ3n) is 3.13. The monoisotopic (exact) mass is 288 g/mol. The Kier molecular flexibility index (Phi) is 5.78. The van der Waals surface area contributed by atoms with E-state index >= 15 is 0 Å². The van der Waals surface area contributed by atoms with Crippen molar-refractivity contribution in [3.05, 3.63) is 17.5 Å². The summed E-state index contributed by atoms with van der Waals surface area (Å²) in [4.78, 5) is 15.8. The molecule has 2 rings (SSSR count). The van der Waals surface area contributed by atoms with Crippen molar-refractivity contribution >= 4 is 18.3 Å². The number of halogens is 1. The number of carbonyl (C=O) groups is 1. The van der Waals surface area contributed by atoms with Crippen LogP contribution in [-0.4, -0.2) is 53.1 Å². The van der Waals surface area contributed by atoms with Gasteiger partial charge in [0.1, 0.15) is 0 Å². The molecule has 1 fully saturated rings. The van der Waals surface area contributed by atoms with Gasteiger partial charge in [0.2, 0.25) is 5.91 Å². The van der Waals surface area contributed by atoms with Gasteiger partial charge in [0.15, 0.2) is 5.76 Å². The first-order chi connectivity index (χ1) is 8.56. The van der Waals surface area contributed by atoms with E-state index in [9.17, 15) is 4.79 Å². The maximum Gasteiger partial charge on any atom is 0.239 e. The third-order valence-corrected chi connectivity index (χ3v) is 3.13. The summed E-state index contributed by atoms with van der Waals surface area (Å²) in [5.41, 5.74) is 6.50. The number of aromatic nitrogens is 1. The van der Waals surface area contributed by atoms with Crippen LogP contribution in [0.5, 0.6) is 0 Å². The molecule has 1 aliphatic heterocycles. The van der Waals surface area contributed by atoms with E-state index in [-0.39, 0.29) is 18.3 Å². The zero-order valence-electron chi connectivity index (χ0n) is 11.3. The van der Waals surface area contributed by atoms with E-state index < -0.39 is 6.04 Å². The fourth-order valence-electron chi connectivity index (χ4n) is 2.13. The Morgan fingerprint density at radius 2 is 2.11 bits per heavy atom. The molecule has 1 saturated heterocycles. The molecule has 1 amide bonds. The van der Waals surface area contributed by atoms with Crippen LogP contribution in [0.25, 0.3) is 0 Å². The van der Waals surface area contributed by atoms with E-state index in [4.69, 9.17) is 10.3 Å². The first kappa shape index (κ1) is 15.9. The minimum absolute atomic E-state index is 0. The molecule has 1 atom stereocenters. The Labute approximate surface area is 119 Å². The quantitative estimate of drug-likeness (QED) is 0.871. The van der Waals surface area contributed by atoms with Crippen LogP contribution in [0.2, 0.25) is 0 Å². The lowest BCUT2D eigenvalue weighted by atomic mass is 10.2. The van der Waals surface area contributed by atoms with Gasteiger partial charge in [0, 0.05) is 32.2 Å². The summed E-state index contributed by atoms with van der Waals surface area (Å²) in [7, 11) is 0. The number of hydrogen-bond acceptors (Lipinski definition) is 5. The molecule has 2 heterocycles. The van der Waals surface area contributed by atoms with Gasteiger partial charge in [0.05, 0.1) is 18.3 Å². The normalized spacial score (nSPS) is 17.9.